The van der Waals surface area contributed by atoms with Crippen molar-refractivity contribution in [2.24, 2.45) is 5.92 Å². The van der Waals surface area contributed by atoms with Crippen LogP contribution in [0.2, 0.25) is 0 Å². The molecule has 1 fully saturated rings. The number of carboxylic acids is 1. The SMILES string of the molecule is CCN(CC(F)(F)F)C(=O)C1CCCN(c2cnc(C(=O)O)cn2)C1. The number of anilines is 1. The highest BCUT2D eigenvalue weighted by Gasteiger charge is 2.36. The number of carbonyl (C=O) groups is 2. The van der Waals surface area contributed by atoms with Gasteiger partial charge >= 0.3 is 12.1 Å². The molecular formula is C15H19F3N4O3. The molecular weight excluding hydrogens is 341 g/mol. The molecule has 0 saturated carbocycles. The molecule has 1 unspecified atom stereocenters. The second-order valence-electron chi connectivity index (χ2n) is 5.82. The summed E-state index contributed by atoms with van der Waals surface area (Å²) in [6.07, 6.45) is -0.889. The molecule has 0 bridgehead atoms. The van der Waals surface area contributed by atoms with Crippen molar-refractivity contribution >= 4 is 17.7 Å². The average Bonchev–Trinajstić information content (AvgIpc) is 2.58. The largest absolute Gasteiger partial charge is 0.476 e. The minimum atomic E-state index is -4.43. The molecule has 1 aromatic heterocycles. The summed E-state index contributed by atoms with van der Waals surface area (Å²) in [5.74, 6) is -1.88. The lowest BCUT2D eigenvalue weighted by molar-refractivity contribution is -0.163. The zero-order chi connectivity index (χ0) is 18.6. The lowest BCUT2D eigenvalue weighted by atomic mass is 9.96. The van der Waals surface area contributed by atoms with E-state index in [0.29, 0.717) is 25.2 Å². The number of hydrogen-bond donors (Lipinski definition) is 1. The molecule has 1 atom stereocenters. The van der Waals surface area contributed by atoms with Crippen LogP contribution in [0.3, 0.4) is 0 Å². The van der Waals surface area contributed by atoms with Crippen molar-refractivity contribution in [3.8, 4) is 0 Å². The van der Waals surface area contributed by atoms with Crippen molar-refractivity contribution in [1.29, 1.82) is 0 Å². The van der Waals surface area contributed by atoms with Gasteiger partial charge in [-0.05, 0) is 19.8 Å². The van der Waals surface area contributed by atoms with Crippen LogP contribution in [-0.4, -0.2) is 64.2 Å². The molecule has 2 heterocycles. The van der Waals surface area contributed by atoms with E-state index < -0.39 is 30.5 Å². The fourth-order valence-electron chi connectivity index (χ4n) is 2.80. The summed E-state index contributed by atoms with van der Waals surface area (Å²) in [6.45, 7) is 1.05. The zero-order valence-electron chi connectivity index (χ0n) is 13.7. The van der Waals surface area contributed by atoms with Gasteiger partial charge in [-0.15, -0.1) is 0 Å². The maximum absolute atomic E-state index is 12.6. The van der Waals surface area contributed by atoms with Gasteiger partial charge in [0.2, 0.25) is 5.91 Å². The summed E-state index contributed by atoms with van der Waals surface area (Å²) in [5.41, 5.74) is -0.198. The quantitative estimate of drug-likeness (QED) is 0.862. The Morgan fingerprint density at radius 2 is 2.08 bits per heavy atom. The van der Waals surface area contributed by atoms with E-state index in [1.807, 2.05) is 0 Å². The van der Waals surface area contributed by atoms with Crippen LogP contribution in [0.25, 0.3) is 0 Å². The summed E-state index contributed by atoms with van der Waals surface area (Å²) in [7, 11) is 0. The molecule has 10 heteroatoms. The van der Waals surface area contributed by atoms with Crippen molar-refractivity contribution < 1.29 is 27.9 Å². The normalized spacial score (nSPS) is 18.1. The highest BCUT2D eigenvalue weighted by atomic mass is 19.4. The summed E-state index contributed by atoms with van der Waals surface area (Å²) < 4.78 is 37.8. The Bertz CT molecular complexity index is 621. The van der Waals surface area contributed by atoms with Crippen LogP contribution in [0, 0.1) is 5.92 Å². The first-order chi connectivity index (χ1) is 11.7. The first-order valence-electron chi connectivity index (χ1n) is 7.87. The monoisotopic (exact) mass is 360 g/mol. The molecule has 25 heavy (non-hydrogen) atoms. The minimum Gasteiger partial charge on any atom is -0.476 e. The van der Waals surface area contributed by atoms with Crippen molar-refractivity contribution in [1.82, 2.24) is 14.9 Å². The zero-order valence-corrected chi connectivity index (χ0v) is 13.7. The summed E-state index contributed by atoms with van der Waals surface area (Å²) in [4.78, 5) is 33.6. The van der Waals surface area contributed by atoms with Crippen molar-refractivity contribution in [3.63, 3.8) is 0 Å². The fraction of sp³-hybridized carbons (Fsp3) is 0.600. The van der Waals surface area contributed by atoms with Crippen LogP contribution in [-0.2, 0) is 4.79 Å². The van der Waals surface area contributed by atoms with Gasteiger partial charge in [0.1, 0.15) is 12.4 Å². The first kappa shape index (κ1) is 18.9. The van der Waals surface area contributed by atoms with Crippen LogP contribution in [0.15, 0.2) is 12.4 Å². The molecule has 0 aromatic carbocycles. The average molecular weight is 360 g/mol. The maximum atomic E-state index is 12.6. The lowest BCUT2D eigenvalue weighted by Gasteiger charge is -2.35. The molecule has 7 nitrogen and oxygen atoms in total. The van der Waals surface area contributed by atoms with Gasteiger partial charge in [-0.1, -0.05) is 0 Å². The van der Waals surface area contributed by atoms with Crippen LogP contribution in [0.1, 0.15) is 30.3 Å². The Hall–Kier alpha value is -2.39. The van der Waals surface area contributed by atoms with Crippen LogP contribution in [0.5, 0.6) is 0 Å². The summed E-state index contributed by atoms with van der Waals surface area (Å²) in [6, 6.07) is 0. The number of carboxylic acid groups (broad SMARTS) is 1. The Morgan fingerprint density at radius 3 is 2.60 bits per heavy atom. The third kappa shape index (κ3) is 5.04. The number of carbonyl (C=O) groups excluding carboxylic acids is 1. The van der Waals surface area contributed by atoms with Gasteiger partial charge in [0.05, 0.1) is 18.3 Å². The number of amides is 1. The predicted octanol–water partition coefficient (Wildman–Crippen LogP) is 1.80. The number of aromatic nitrogens is 2. The van der Waals surface area contributed by atoms with Gasteiger partial charge in [0, 0.05) is 19.6 Å². The smallest absolute Gasteiger partial charge is 0.406 e. The molecule has 1 aliphatic rings. The lowest BCUT2D eigenvalue weighted by Crippen LogP contribution is -2.47. The Kier molecular flexibility index (Phi) is 5.81. The third-order valence-corrected chi connectivity index (χ3v) is 4.02. The van der Waals surface area contributed by atoms with Crippen molar-refractivity contribution in [2.75, 3.05) is 31.1 Å². The molecule has 2 rings (SSSR count). The van der Waals surface area contributed by atoms with Crippen molar-refractivity contribution in [3.05, 3.63) is 18.1 Å². The first-order valence-corrected chi connectivity index (χ1v) is 7.87. The van der Waals surface area contributed by atoms with E-state index in [0.717, 1.165) is 11.1 Å². The molecule has 1 N–H and O–H groups in total. The van der Waals surface area contributed by atoms with Gasteiger partial charge in [0.15, 0.2) is 5.69 Å². The molecule has 0 aliphatic carbocycles. The molecule has 138 valence electrons. The predicted molar refractivity (Wildman–Crippen MR) is 82.2 cm³/mol. The number of alkyl halides is 3. The molecule has 0 spiro atoms. The highest BCUT2D eigenvalue weighted by molar-refractivity contribution is 5.85. The molecule has 1 aromatic rings. The summed E-state index contributed by atoms with van der Waals surface area (Å²) in [5, 5.41) is 8.82. The number of nitrogens with zero attached hydrogens (tertiary/aromatic N) is 4. The minimum absolute atomic E-state index is 0.0119. The van der Waals surface area contributed by atoms with Gasteiger partial charge in [-0.25, -0.2) is 14.8 Å². The second-order valence-corrected chi connectivity index (χ2v) is 5.82. The number of piperidine rings is 1. The number of rotatable bonds is 5. The second kappa shape index (κ2) is 7.66. The van der Waals surface area contributed by atoms with Crippen molar-refractivity contribution in [2.45, 2.75) is 25.9 Å². The molecule has 0 radical (unpaired) electrons. The van der Waals surface area contributed by atoms with E-state index in [4.69, 9.17) is 5.11 Å². The van der Waals surface area contributed by atoms with Gasteiger partial charge in [-0.2, -0.15) is 13.2 Å². The Morgan fingerprint density at radius 1 is 1.36 bits per heavy atom. The molecule has 1 saturated heterocycles. The van der Waals surface area contributed by atoms with Gasteiger partial charge in [0.25, 0.3) is 0 Å². The Balaban J connectivity index is 2.06. The van der Waals surface area contributed by atoms with Gasteiger partial charge in [-0.3, -0.25) is 4.79 Å². The standard InChI is InChI=1S/C15H19F3N4O3/c1-2-21(9-15(16,17)18)13(23)10-4-3-5-22(8-10)12-7-19-11(6-20-12)14(24)25/h6-7,10H,2-5,8-9H2,1H3,(H,24,25). The third-order valence-electron chi connectivity index (χ3n) is 4.02. The van der Waals surface area contributed by atoms with E-state index in [-0.39, 0.29) is 18.8 Å². The highest BCUT2D eigenvalue weighted by Crippen LogP contribution is 2.24. The fourth-order valence-corrected chi connectivity index (χ4v) is 2.80. The van der Waals surface area contributed by atoms with E-state index in [2.05, 4.69) is 9.97 Å². The molecule has 1 amide bonds. The van der Waals surface area contributed by atoms with E-state index in [9.17, 15) is 22.8 Å². The van der Waals surface area contributed by atoms with E-state index in [1.54, 1.807) is 4.90 Å². The number of hydrogen-bond acceptors (Lipinski definition) is 5. The molecule has 1 aliphatic heterocycles. The Labute approximate surface area is 142 Å². The number of aromatic carboxylic acids is 1. The topological polar surface area (TPSA) is 86.6 Å². The maximum Gasteiger partial charge on any atom is 0.406 e. The van der Waals surface area contributed by atoms with Crippen LogP contribution < -0.4 is 4.90 Å². The van der Waals surface area contributed by atoms with Gasteiger partial charge < -0.3 is 14.9 Å². The van der Waals surface area contributed by atoms with Crippen LogP contribution in [0.4, 0.5) is 19.0 Å². The summed E-state index contributed by atoms with van der Waals surface area (Å²) >= 11 is 0. The van der Waals surface area contributed by atoms with E-state index in [1.165, 1.54) is 13.1 Å². The van der Waals surface area contributed by atoms with E-state index >= 15 is 0 Å². The van der Waals surface area contributed by atoms with Crippen LogP contribution >= 0.6 is 0 Å². The number of halogens is 3.